The van der Waals surface area contributed by atoms with Gasteiger partial charge in [-0.25, -0.2) is 0 Å². The van der Waals surface area contributed by atoms with Crippen LogP contribution in [-0.2, 0) is 14.2 Å². The molecule has 10 atom stereocenters. The van der Waals surface area contributed by atoms with Crippen LogP contribution in [0, 0.1) is 0 Å². The van der Waals surface area contributed by atoms with Gasteiger partial charge in [0.05, 0.1) is 18.3 Å². The molecule has 216 valence electrons. The van der Waals surface area contributed by atoms with Crippen LogP contribution in [0.2, 0.25) is 0 Å². The van der Waals surface area contributed by atoms with Crippen LogP contribution in [0.4, 0.5) is 0 Å². The summed E-state index contributed by atoms with van der Waals surface area (Å²) < 4.78 is 21.8. The molecule has 40 heavy (non-hydrogen) atoms. The minimum absolute atomic E-state index is 0.0397. The van der Waals surface area contributed by atoms with Gasteiger partial charge in [-0.1, -0.05) is 24.3 Å². The van der Waals surface area contributed by atoms with E-state index in [1.807, 2.05) is 0 Å². The van der Waals surface area contributed by atoms with Crippen molar-refractivity contribution in [2.75, 3.05) is 6.61 Å². The quantitative estimate of drug-likeness (QED) is 0.155. The molecule has 0 spiro atoms. The van der Waals surface area contributed by atoms with Gasteiger partial charge in [-0.15, -0.1) is 0 Å². The number of aliphatic hydroxyl groups is 6. The first kappa shape index (κ1) is 28.4. The Hall–Kier alpha value is -3.18. The van der Waals surface area contributed by atoms with Crippen LogP contribution >= 0.6 is 0 Å². The Kier molecular flexibility index (Phi) is 7.56. The molecule has 0 radical (unpaired) electrons. The maximum atomic E-state index is 13.1. The van der Waals surface area contributed by atoms with E-state index in [1.165, 1.54) is 25.1 Å². The van der Waals surface area contributed by atoms with Crippen molar-refractivity contribution in [3.63, 3.8) is 0 Å². The third kappa shape index (κ3) is 4.62. The lowest BCUT2D eigenvalue weighted by Gasteiger charge is -2.42. The summed E-state index contributed by atoms with van der Waals surface area (Å²) in [6.45, 7) is 0.872. The first-order valence-electron chi connectivity index (χ1n) is 12.4. The van der Waals surface area contributed by atoms with E-state index in [1.54, 1.807) is 6.07 Å². The summed E-state index contributed by atoms with van der Waals surface area (Å²) in [5, 5.41) is 82.4. The highest BCUT2D eigenvalue weighted by atomic mass is 16.7. The van der Waals surface area contributed by atoms with E-state index in [9.17, 15) is 50.4 Å². The van der Waals surface area contributed by atoms with Crippen molar-refractivity contribution in [1.82, 2.24) is 0 Å². The highest BCUT2D eigenvalue weighted by molar-refractivity contribution is 6.29. The van der Waals surface area contributed by atoms with Crippen LogP contribution in [0.5, 0.6) is 17.2 Å². The largest absolute Gasteiger partial charge is 0.504 e. The fraction of sp³-hybridized carbons (Fsp3) is 0.462. The fourth-order valence-corrected chi connectivity index (χ4v) is 4.91. The van der Waals surface area contributed by atoms with Gasteiger partial charge in [-0.2, -0.15) is 0 Å². The Morgan fingerprint density at radius 3 is 2.00 bits per heavy atom. The number of ketones is 2. The zero-order valence-electron chi connectivity index (χ0n) is 20.9. The van der Waals surface area contributed by atoms with Crippen molar-refractivity contribution >= 4 is 11.6 Å². The van der Waals surface area contributed by atoms with E-state index < -0.39 is 102 Å². The molecule has 2 fully saturated rings. The fourth-order valence-electron chi connectivity index (χ4n) is 4.91. The summed E-state index contributed by atoms with van der Waals surface area (Å²) in [7, 11) is 0. The molecule has 1 aliphatic carbocycles. The molecule has 0 aromatic heterocycles. The van der Waals surface area contributed by atoms with Crippen molar-refractivity contribution in [3.05, 3.63) is 52.6 Å². The van der Waals surface area contributed by atoms with Crippen molar-refractivity contribution in [2.24, 2.45) is 0 Å². The van der Waals surface area contributed by atoms with Crippen LogP contribution in [0.25, 0.3) is 0 Å². The number of hydrogen-bond acceptors (Lipinski definition) is 14. The number of phenols is 2. The van der Waals surface area contributed by atoms with E-state index in [-0.39, 0.29) is 16.7 Å². The number of fused-ring (bicyclic) bond motifs is 2. The highest BCUT2D eigenvalue weighted by Gasteiger charge is 2.48. The Morgan fingerprint density at radius 2 is 1.32 bits per heavy atom. The van der Waals surface area contributed by atoms with Gasteiger partial charge in [0, 0.05) is 16.7 Å². The van der Waals surface area contributed by atoms with Crippen LogP contribution in [0.3, 0.4) is 0 Å². The molecule has 2 aromatic carbocycles. The van der Waals surface area contributed by atoms with Gasteiger partial charge in [-0.05, 0) is 13.0 Å². The zero-order chi connectivity index (χ0) is 29.0. The highest BCUT2D eigenvalue weighted by Crippen LogP contribution is 2.45. The predicted molar refractivity (Wildman–Crippen MR) is 129 cm³/mol. The number of carbonyl (C=O) groups is 2. The van der Waals surface area contributed by atoms with Crippen LogP contribution in [-0.4, -0.2) is 120 Å². The molecular weight excluding hydrogens is 536 g/mol. The van der Waals surface area contributed by atoms with E-state index in [4.69, 9.17) is 18.9 Å². The Bertz CT molecular complexity index is 1310. The summed E-state index contributed by atoms with van der Waals surface area (Å²) in [5.74, 6) is -3.78. The van der Waals surface area contributed by atoms with Crippen LogP contribution in [0.15, 0.2) is 30.3 Å². The van der Waals surface area contributed by atoms with Gasteiger partial charge in [0.25, 0.3) is 0 Å². The van der Waals surface area contributed by atoms with Gasteiger partial charge in [0.15, 0.2) is 29.4 Å². The monoisotopic (exact) mass is 564 g/mol. The Morgan fingerprint density at radius 1 is 0.725 bits per heavy atom. The molecule has 2 heterocycles. The summed E-state index contributed by atoms with van der Waals surface area (Å²) in [6, 6.07) is 6.90. The lowest BCUT2D eigenvalue weighted by Crippen LogP contribution is -2.61. The number of aliphatic hydroxyl groups excluding tert-OH is 6. The smallest absolute Gasteiger partial charge is 0.229 e. The van der Waals surface area contributed by atoms with Crippen molar-refractivity contribution in [3.8, 4) is 17.2 Å². The molecular formula is C26H28O14. The van der Waals surface area contributed by atoms with Crippen LogP contribution in [0.1, 0.15) is 38.8 Å². The molecule has 0 saturated carbocycles. The maximum absolute atomic E-state index is 13.1. The molecule has 10 unspecified atom stereocenters. The van der Waals surface area contributed by atoms with Crippen molar-refractivity contribution in [1.29, 1.82) is 0 Å². The molecule has 14 heteroatoms. The second-order valence-corrected chi connectivity index (χ2v) is 9.85. The third-order valence-electron chi connectivity index (χ3n) is 7.27. The molecule has 14 nitrogen and oxygen atoms in total. The van der Waals surface area contributed by atoms with E-state index in [0.717, 1.165) is 6.07 Å². The first-order chi connectivity index (χ1) is 18.9. The third-order valence-corrected chi connectivity index (χ3v) is 7.27. The van der Waals surface area contributed by atoms with Gasteiger partial charge < -0.3 is 59.8 Å². The number of ether oxygens (including phenoxy) is 4. The second kappa shape index (κ2) is 10.7. The lowest BCUT2D eigenvalue weighted by atomic mass is 9.83. The SMILES string of the molecule is CC1OC(OCC2OC(Oc3cc4c(c(O)c3O)C(=O)c3ccccc3C4=O)C(O)C(O)C2O)C(O)C(O)C1O. The first-order valence-corrected chi connectivity index (χ1v) is 12.4. The molecule has 5 rings (SSSR count). The van der Waals surface area contributed by atoms with E-state index in [2.05, 4.69) is 0 Å². The number of rotatable bonds is 5. The van der Waals surface area contributed by atoms with Crippen molar-refractivity contribution < 1.29 is 69.4 Å². The molecule has 3 aliphatic rings. The molecule has 2 saturated heterocycles. The average Bonchev–Trinajstić information content (AvgIpc) is 2.94. The standard InChI is InChI=1S/C26H28O14/c1-8-15(27)21(33)23(35)25(38-8)37-7-13-19(31)22(34)24(36)26(40-13)39-12-6-11-14(20(32)18(12)30)17(29)10-5-3-2-4-9(10)16(11)28/h2-6,8,13,15,19,21-27,30-36H,7H2,1H3. The molecule has 2 aromatic rings. The molecule has 8 N–H and O–H groups in total. The lowest BCUT2D eigenvalue weighted by molar-refractivity contribution is -0.318. The Labute approximate surface area is 226 Å². The minimum Gasteiger partial charge on any atom is -0.504 e. The summed E-state index contributed by atoms with van der Waals surface area (Å²) in [6.07, 6.45) is -15.7. The predicted octanol–water partition coefficient (Wildman–Crippen LogP) is -2.10. The number of phenolic OH excluding ortho intramolecular Hbond substituents is 2. The van der Waals surface area contributed by atoms with Crippen LogP contribution < -0.4 is 4.74 Å². The number of carbonyl (C=O) groups excluding carboxylic acids is 2. The molecule has 2 aliphatic heterocycles. The maximum Gasteiger partial charge on any atom is 0.229 e. The second-order valence-electron chi connectivity index (χ2n) is 9.85. The van der Waals surface area contributed by atoms with Gasteiger partial charge >= 0.3 is 0 Å². The summed E-state index contributed by atoms with van der Waals surface area (Å²) >= 11 is 0. The van der Waals surface area contributed by atoms with Crippen molar-refractivity contribution in [2.45, 2.75) is 68.3 Å². The van der Waals surface area contributed by atoms with Gasteiger partial charge in [0.2, 0.25) is 12.0 Å². The normalized spacial score (nSPS) is 35.7. The zero-order valence-corrected chi connectivity index (χ0v) is 20.9. The Balaban J connectivity index is 1.36. The topological polar surface area (TPSA) is 233 Å². The summed E-state index contributed by atoms with van der Waals surface area (Å²) in [5.41, 5.74) is -0.608. The van der Waals surface area contributed by atoms with Gasteiger partial charge in [-0.3, -0.25) is 9.59 Å². The number of benzene rings is 2. The minimum atomic E-state index is -1.89. The molecule has 0 bridgehead atoms. The number of aromatic hydroxyl groups is 2. The average molecular weight is 564 g/mol. The van der Waals surface area contributed by atoms with E-state index in [0.29, 0.717) is 0 Å². The number of hydrogen-bond donors (Lipinski definition) is 8. The van der Waals surface area contributed by atoms with E-state index >= 15 is 0 Å². The molecule has 0 amide bonds. The summed E-state index contributed by atoms with van der Waals surface area (Å²) in [4.78, 5) is 26.0. The van der Waals surface area contributed by atoms with Gasteiger partial charge in [0.1, 0.15) is 42.7 Å².